The van der Waals surface area contributed by atoms with E-state index >= 15 is 0 Å². The highest BCUT2D eigenvalue weighted by molar-refractivity contribution is 5.59. The second-order valence-electron chi connectivity index (χ2n) is 4.87. The average Bonchev–Trinajstić information content (AvgIpc) is 2.34. The van der Waals surface area contributed by atoms with Crippen molar-refractivity contribution in [1.82, 2.24) is 0 Å². The van der Waals surface area contributed by atoms with Gasteiger partial charge in [-0.05, 0) is 18.9 Å². The number of unbranched alkanes of at least 4 members (excludes halogenated alkanes) is 5. The van der Waals surface area contributed by atoms with Crippen LogP contribution in [0, 0.1) is 0 Å². The number of hydrogen-bond acceptors (Lipinski definition) is 0. The van der Waals surface area contributed by atoms with E-state index in [1.54, 1.807) is 0 Å². The summed E-state index contributed by atoms with van der Waals surface area (Å²) >= 11 is 0. The molecule has 17 heavy (non-hydrogen) atoms. The Morgan fingerprint density at radius 2 is 1.65 bits per heavy atom. The van der Waals surface area contributed by atoms with Crippen LogP contribution in [0.3, 0.4) is 0 Å². The van der Waals surface area contributed by atoms with E-state index in [1.165, 1.54) is 44.1 Å². The number of allylic oxidation sites excluding steroid dienone is 1. The molecule has 1 rings (SSSR count). The van der Waals surface area contributed by atoms with E-state index in [1.807, 2.05) is 6.92 Å². The Morgan fingerprint density at radius 1 is 1.06 bits per heavy atom. The predicted octanol–water partition coefficient (Wildman–Crippen LogP) is 4.37. The minimum atomic E-state index is 1.14. The Kier molecular flexibility index (Phi) is 6.61. The molecule has 0 unspecified atom stereocenters. The van der Waals surface area contributed by atoms with Gasteiger partial charge in [0.1, 0.15) is 6.54 Å². The fraction of sp³-hybridized carbons (Fsp3) is 0.562. The molecule has 0 amide bonds. The van der Waals surface area contributed by atoms with Crippen LogP contribution in [0.2, 0.25) is 0 Å². The van der Waals surface area contributed by atoms with Crippen molar-refractivity contribution < 1.29 is 4.57 Å². The van der Waals surface area contributed by atoms with Crippen molar-refractivity contribution in [3.63, 3.8) is 0 Å². The highest BCUT2D eigenvalue weighted by Crippen LogP contribution is 2.08. The van der Waals surface area contributed by atoms with Gasteiger partial charge in [-0.2, -0.15) is 0 Å². The van der Waals surface area contributed by atoms with Gasteiger partial charge in [-0.15, -0.1) is 0 Å². The highest BCUT2D eigenvalue weighted by Gasteiger charge is 2.01. The summed E-state index contributed by atoms with van der Waals surface area (Å²) in [5.41, 5.74) is 2.38. The van der Waals surface area contributed by atoms with Crippen LogP contribution < -0.4 is 4.57 Å². The summed E-state index contributed by atoms with van der Waals surface area (Å²) in [6.07, 6.45) is 12.5. The molecule has 0 aliphatic rings. The number of aromatic nitrogens is 1. The monoisotopic (exact) mass is 232 g/mol. The molecule has 0 spiro atoms. The summed E-state index contributed by atoms with van der Waals surface area (Å²) < 4.78 is 2.27. The highest BCUT2D eigenvalue weighted by atomic mass is 14.9. The lowest BCUT2D eigenvalue weighted by molar-refractivity contribution is -0.697. The van der Waals surface area contributed by atoms with Gasteiger partial charge in [-0.3, -0.25) is 0 Å². The molecule has 94 valence electrons. The Morgan fingerprint density at radius 3 is 2.24 bits per heavy atom. The molecule has 1 nitrogen and oxygen atoms in total. The third-order valence-corrected chi connectivity index (χ3v) is 3.15. The van der Waals surface area contributed by atoms with Crippen LogP contribution in [-0.2, 0) is 6.54 Å². The van der Waals surface area contributed by atoms with Gasteiger partial charge in [-0.25, -0.2) is 4.57 Å². The van der Waals surface area contributed by atoms with Crippen molar-refractivity contribution in [3.05, 3.63) is 36.7 Å². The Balaban J connectivity index is 2.21. The standard InChI is InChI=1S/C16H26N/c1-4-5-6-7-8-9-12-17-13-10-16(11-14-17)15(2)3/h10-11,13-14H,2,4-9,12H2,1,3H3/q+1. The fourth-order valence-corrected chi connectivity index (χ4v) is 1.97. The average molecular weight is 232 g/mol. The summed E-state index contributed by atoms with van der Waals surface area (Å²) in [6.45, 7) is 9.40. The van der Waals surface area contributed by atoms with E-state index in [2.05, 4.69) is 42.6 Å². The zero-order chi connectivity index (χ0) is 12.5. The summed E-state index contributed by atoms with van der Waals surface area (Å²) in [7, 11) is 0. The van der Waals surface area contributed by atoms with Crippen LogP contribution in [0.4, 0.5) is 0 Å². The molecule has 0 atom stereocenters. The lowest BCUT2D eigenvalue weighted by atomic mass is 10.1. The van der Waals surface area contributed by atoms with Crippen LogP contribution in [0.1, 0.15) is 57.9 Å². The number of hydrogen-bond donors (Lipinski definition) is 0. The molecule has 0 aliphatic heterocycles. The molecule has 0 saturated heterocycles. The van der Waals surface area contributed by atoms with E-state index < -0.39 is 0 Å². The van der Waals surface area contributed by atoms with Gasteiger partial charge in [0, 0.05) is 18.6 Å². The first kappa shape index (κ1) is 14.0. The molecule has 0 aromatic carbocycles. The second kappa shape index (κ2) is 8.05. The zero-order valence-electron chi connectivity index (χ0n) is 11.4. The first-order valence-corrected chi connectivity index (χ1v) is 6.89. The normalized spacial score (nSPS) is 10.5. The minimum Gasteiger partial charge on any atom is -0.205 e. The van der Waals surface area contributed by atoms with E-state index in [0.717, 1.165) is 12.1 Å². The Labute approximate surface area is 106 Å². The van der Waals surface area contributed by atoms with Crippen molar-refractivity contribution in [1.29, 1.82) is 0 Å². The maximum Gasteiger partial charge on any atom is 0.169 e. The third kappa shape index (κ3) is 5.67. The van der Waals surface area contributed by atoms with Crippen LogP contribution in [0.15, 0.2) is 31.1 Å². The van der Waals surface area contributed by atoms with Gasteiger partial charge in [0.25, 0.3) is 0 Å². The number of nitrogens with zero attached hydrogens (tertiary/aromatic N) is 1. The topological polar surface area (TPSA) is 3.88 Å². The summed E-state index contributed by atoms with van der Waals surface area (Å²) in [5.74, 6) is 0. The van der Waals surface area contributed by atoms with Crippen molar-refractivity contribution in [2.24, 2.45) is 0 Å². The Bertz CT molecular complexity index is 324. The smallest absolute Gasteiger partial charge is 0.169 e. The maximum absolute atomic E-state index is 3.95. The van der Waals surface area contributed by atoms with E-state index in [4.69, 9.17) is 0 Å². The molecular weight excluding hydrogens is 206 g/mol. The molecule has 1 aromatic rings. The molecular formula is C16H26N+. The SMILES string of the molecule is C=C(C)c1cc[n+](CCCCCCCC)cc1. The molecule has 0 fully saturated rings. The molecule has 0 radical (unpaired) electrons. The van der Waals surface area contributed by atoms with Crippen molar-refractivity contribution in [2.45, 2.75) is 58.9 Å². The summed E-state index contributed by atoms with van der Waals surface area (Å²) in [6, 6.07) is 4.30. The summed E-state index contributed by atoms with van der Waals surface area (Å²) in [5, 5.41) is 0. The lowest BCUT2D eigenvalue weighted by Gasteiger charge is -2.00. The second-order valence-corrected chi connectivity index (χ2v) is 4.87. The molecule has 1 heteroatoms. The van der Waals surface area contributed by atoms with Gasteiger partial charge >= 0.3 is 0 Å². The fourth-order valence-electron chi connectivity index (χ4n) is 1.97. The van der Waals surface area contributed by atoms with E-state index in [0.29, 0.717) is 0 Å². The van der Waals surface area contributed by atoms with Crippen LogP contribution in [0.5, 0.6) is 0 Å². The Hall–Kier alpha value is -1.11. The quantitative estimate of drug-likeness (QED) is 0.463. The molecule has 0 saturated carbocycles. The van der Waals surface area contributed by atoms with E-state index in [9.17, 15) is 0 Å². The number of rotatable bonds is 8. The largest absolute Gasteiger partial charge is 0.205 e. The maximum atomic E-state index is 3.95. The van der Waals surface area contributed by atoms with Crippen LogP contribution in [-0.4, -0.2) is 0 Å². The molecule has 1 aromatic heterocycles. The first-order valence-electron chi connectivity index (χ1n) is 6.89. The minimum absolute atomic E-state index is 1.14. The predicted molar refractivity (Wildman–Crippen MR) is 74.7 cm³/mol. The van der Waals surface area contributed by atoms with E-state index in [-0.39, 0.29) is 0 Å². The molecule has 1 heterocycles. The zero-order valence-corrected chi connectivity index (χ0v) is 11.4. The molecule has 0 aliphatic carbocycles. The number of aryl methyl sites for hydroxylation is 1. The van der Waals surface area contributed by atoms with Crippen LogP contribution >= 0.6 is 0 Å². The third-order valence-electron chi connectivity index (χ3n) is 3.15. The van der Waals surface area contributed by atoms with Crippen molar-refractivity contribution in [2.75, 3.05) is 0 Å². The molecule has 0 bridgehead atoms. The van der Waals surface area contributed by atoms with Crippen molar-refractivity contribution in [3.8, 4) is 0 Å². The molecule has 0 N–H and O–H groups in total. The van der Waals surface area contributed by atoms with Gasteiger partial charge in [0.05, 0.1) is 0 Å². The van der Waals surface area contributed by atoms with Crippen molar-refractivity contribution >= 4 is 5.57 Å². The van der Waals surface area contributed by atoms with Crippen LogP contribution in [0.25, 0.3) is 5.57 Å². The van der Waals surface area contributed by atoms with Gasteiger partial charge in [-0.1, -0.05) is 44.8 Å². The lowest BCUT2D eigenvalue weighted by Crippen LogP contribution is -2.32. The van der Waals surface area contributed by atoms with Gasteiger partial charge in [0.2, 0.25) is 0 Å². The first-order chi connectivity index (χ1) is 8.24. The summed E-state index contributed by atoms with van der Waals surface area (Å²) in [4.78, 5) is 0. The van der Waals surface area contributed by atoms with Gasteiger partial charge in [0.15, 0.2) is 12.4 Å². The van der Waals surface area contributed by atoms with Gasteiger partial charge < -0.3 is 0 Å². The number of pyridine rings is 1.